The minimum atomic E-state index is -1.50. The lowest BCUT2D eigenvalue weighted by Gasteiger charge is -2.30. The van der Waals surface area contributed by atoms with Crippen molar-refractivity contribution in [1.82, 2.24) is 10.5 Å². The number of aliphatic carboxylic acids is 1. The van der Waals surface area contributed by atoms with Crippen LogP contribution in [0.4, 0.5) is 0 Å². The van der Waals surface area contributed by atoms with E-state index in [1.165, 1.54) is 0 Å². The Labute approximate surface area is 157 Å². The zero-order valence-corrected chi connectivity index (χ0v) is 16.1. The summed E-state index contributed by atoms with van der Waals surface area (Å²) in [5, 5.41) is 17.0. The topological polar surface area (TPSA) is 92.4 Å². The van der Waals surface area contributed by atoms with Gasteiger partial charge in [-0.05, 0) is 43.9 Å². The van der Waals surface area contributed by atoms with Gasteiger partial charge in [0.2, 0.25) is 5.91 Å². The van der Waals surface area contributed by atoms with Crippen LogP contribution < -0.4 is 5.32 Å². The van der Waals surface area contributed by atoms with Gasteiger partial charge in [-0.3, -0.25) is 4.79 Å². The van der Waals surface area contributed by atoms with Crippen LogP contribution in [0.1, 0.15) is 55.2 Å². The smallest absolute Gasteiger partial charge is 0.334 e. The lowest BCUT2D eigenvalue weighted by Crippen LogP contribution is -2.51. The average molecular weight is 379 g/mol. The number of nitrogens with one attached hydrogen (secondary N) is 1. The quantitative estimate of drug-likeness (QED) is 0.761. The summed E-state index contributed by atoms with van der Waals surface area (Å²) in [5.41, 5.74) is 0.597. The van der Waals surface area contributed by atoms with E-state index in [0.717, 1.165) is 11.3 Å². The van der Waals surface area contributed by atoms with Gasteiger partial charge in [-0.25, -0.2) is 4.79 Å². The molecule has 0 saturated heterocycles. The summed E-state index contributed by atoms with van der Waals surface area (Å²) in [6.07, 6.45) is 0.334. The summed E-state index contributed by atoms with van der Waals surface area (Å²) in [4.78, 5) is 24.7. The maximum absolute atomic E-state index is 12.6. The Morgan fingerprint density at radius 2 is 1.92 bits per heavy atom. The molecule has 2 N–H and O–H groups in total. The van der Waals surface area contributed by atoms with Crippen molar-refractivity contribution in [2.45, 2.75) is 52.0 Å². The maximum Gasteiger partial charge on any atom is 0.334 e. The molecule has 1 heterocycles. The van der Waals surface area contributed by atoms with Crippen molar-refractivity contribution >= 4 is 23.5 Å². The molecular weight excluding hydrogens is 356 g/mol. The Bertz CT molecular complexity index is 781. The van der Waals surface area contributed by atoms with Gasteiger partial charge in [0.25, 0.3) is 0 Å². The van der Waals surface area contributed by atoms with E-state index in [1.54, 1.807) is 38.1 Å². The summed E-state index contributed by atoms with van der Waals surface area (Å²) >= 11 is 5.90. The second kappa shape index (κ2) is 7.91. The monoisotopic (exact) mass is 378 g/mol. The van der Waals surface area contributed by atoms with Gasteiger partial charge in [0, 0.05) is 17.0 Å². The molecule has 0 aliphatic rings. The van der Waals surface area contributed by atoms with Crippen LogP contribution in [-0.4, -0.2) is 22.1 Å². The van der Waals surface area contributed by atoms with Crippen molar-refractivity contribution in [1.29, 1.82) is 0 Å². The second-order valence-corrected chi connectivity index (χ2v) is 6.90. The first-order valence-electron chi connectivity index (χ1n) is 8.44. The Kier molecular flexibility index (Phi) is 6.08. The van der Waals surface area contributed by atoms with Crippen molar-refractivity contribution in [3.63, 3.8) is 0 Å². The van der Waals surface area contributed by atoms with E-state index in [1.807, 2.05) is 13.8 Å². The molecule has 140 valence electrons. The van der Waals surface area contributed by atoms with Gasteiger partial charge >= 0.3 is 5.97 Å². The third-order valence-corrected chi connectivity index (χ3v) is 4.91. The average Bonchev–Trinajstić information content (AvgIpc) is 2.92. The number of rotatable bonds is 7. The molecule has 2 aromatic rings. The fraction of sp³-hybridized carbons (Fsp3) is 0.421. The molecule has 0 fully saturated rings. The minimum Gasteiger partial charge on any atom is -0.479 e. The normalized spacial score (nSPS) is 14.5. The van der Waals surface area contributed by atoms with Crippen LogP contribution in [0.3, 0.4) is 0 Å². The molecule has 0 saturated carbocycles. The number of nitrogens with zero attached hydrogens (tertiary/aromatic N) is 1. The molecule has 0 spiro atoms. The third kappa shape index (κ3) is 3.90. The van der Waals surface area contributed by atoms with Gasteiger partial charge in [-0.1, -0.05) is 42.7 Å². The number of carbonyl (C=O) groups excluding carboxylic acids is 1. The number of carbonyl (C=O) groups is 2. The lowest BCUT2D eigenvalue weighted by atomic mass is 9.86. The molecule has 2 rings (SSSR count). The first kappa shape index (κ1) is 20.0. The summed E-state index contributed by atoms with van der Waals surface area (Å²) in [5.74, 6) is -0.937. The van der Waals surface area contributed by atoms with Crippen LogP contribution in [0.5, 0.6) is 0 Å². The van der Waals surface area contributed by atoms with Crippen LogP contribution in [0.25, 0.3) is 0 Å². The number of carboxylic acids is 1. The number of amides is 1. The predicted molar refractivity (Wildman–Crippen MR) is 98.2 cm³/mol. The van der Waals surface area contributed by atoms with Gasteiger partial charge in [0.15, 0.2) is 5.54 Å². The molecule has 2 unspecified atom stereocenters. The lowest BCUT2D eigenvalue weighted by molar-refractivity contribution is -0.148. The number of hydrogen-bond donors (Lipinski definition) is 2. The summed E-state index contributed by atoms with van der Waals surface area (Å²) in [7, 11) is 0. The summed E-state index contributed by atoms with van der Waals surface area (Å²) < 4.78 is 5.15. The van der Waals surface area contributed by atoms with E-state index in [2.05, 4.69) is 10.5 Å². The molecule has 0 aliphatic heterocycles. The number of aryl methyl sites for hydroxylation is 2. The molecule has 2 atom stereocenters. The highest BCUT2D eigenvalue weighted by Gasteiger charge is 2.40. The largest absolute Gasteiger partial charge is 0.479 e. The standard InChI is InChI=1S/C19H23ClN2O4/c1-5-19(18(24)25,14-6-8-15(20)9-7-14)21-16(23)10-11(2)17-12(3)22-26-13(17)4/h6-9,11H,5,10H2,1-4H3,(H,21,23)(H,24,25). The highest BCUT2D eigenvalue weighted by Crippen LogP contribution is 2.29. The van der Waals surface area contributed by atoms with Gasteiger partial charge < -0.3 is 14.9 Å². The zero-order valence-electron chi connectivity index (χ0n) is 15.3. The minimum absolute atomic E-state index is 0.130. The second-order valence-electron chi connectivity index (χ2n) is 6.46. The fourth-order valence-electron chi connectivity index (χ4n) is 3.29. The highest BCUT2D eigenvalue weighted by molar-refractivity contribution is 6.30. The van der Waals surface area contributed by atoms with Crippen LogP contribution in [0.15, 0.2) is 28.8 Å². The van der Waals surface area contributed by atoms with Crippen molar-refractivity contribution < 1.29 is 19.2 Å². The Morgan fingerprint density at radius 3 is 2.38 bits per heavy atom. The van der Waals surface area contributed by atoms with Crippen molar-refractivity contribution in [3.05, 3.63) is 51.9 Å². The SMILES string of the molecule is CCC(NC(=O)CC(C)c1c(C)noc1C)(C(=O)O)c1ccc(Cl)cc1. The van der Waals surface area contributed by atoms with E-state index >= 15 is 0 Å². The van der Waals surface area contributed by atoms with Crippen molar-refractivity contribution in [2.24, 2.45) is 0 Å². The highest BCUT2D eigenvalue weighted by atomic mass is 35.5. The first-order valence-corrected chi connectivity index (χ1v) is 8.82. The molecule has 0 bridgehead atoms. The van der Waals surface area contributed by atoms with E-state index < -0.39 is 11.5 Å². The maximum atomic E-state index is 12.6. The molecule has 0 aliphatic carbocycles. The molecular formula is C19H23ClN2O4. The van der Waals surface area contributed by atoms with E-state index in [0.29, 0.717) is 16.3 Å². The van der Waals surface area contributed by atoms with Gasteiger partial charge in [-0.15, -0.1) is 0 Å². The molecule has 6 nitrogen and oxygen atoms in total. The van der Waals surface area contributed by atoms with Crippen molar-refractivity contribution in [2.75, 3.05) is 0 Å². The fourth-order valence-corrected chi connectivity index (χ4v) is 3.42. The van der Waals surface area contributed by atoms with Gasteiger partial charge in [0.1, 0.15) is 5.76 Å². The van der Waals surface area contributed by atoms with E-state index in [4.69, 9.17) is 16.1 Å². The molecule has 0 radical (unpaired) electrons. The predicted octanol–water partition coefficient (Wildman–Crippen LogP) is 3.94. The Hall–Kier alpha value is -2.34. The van der Waals surface area contributed by atoms with E-state index in [9.17, 15) is 14.7 Å². The number of halogens is 1. The number of carboxylic acid groups (broad SMARTS) is 1. The third-order valence-electron chi connectivity index (χ3n) is 4.66. The molecule has 1 aromatic heterocycles. The van der Waals surface area contributed by atoms with Crippen LogP contribution in [0.2, 0.25) is 5.02 Å². The summed E-state index contributed by atoms with van der Waals surface area (Å²) in [6.45, 7) is 7.23. The molecule has 26 heavy (non-hydrogen) atoms. The van der Waals surface area contributed by atoms with Crippen LogP contribution in [0, 0.1) is 13.8 Å². The van der Waals surface area contributed by atoms with Gasteiger partial charge in [-0.2, -0.15) is 0 Å². The van der Waals surface area contributed by atoms with Crippen LogP contribution in [-0.2, 0) is 15.1 Å². The number of aromatic nitrogens is 1. The van der Waals surface area contributed by atoms with E-state index in [-0.39, 0.29) is 24.7 Å². The number of benzene rings is 1. The zero-order chi connectivity index (χ0) is 19.5. The molecule has 7 heteroatoms. The van der Waals surface area contributed by atoms with Crippen molar-refractivity contribution in [3.8, 4) is 0 Å². The Balaban J connectivity index is 2.24. The number of hydrogen-bond acceptors (Lipinski definition) is 4. The summed E-state index contributed by atoms with van der Waals surface area (Å²) in [6, 6.07) is 6.47. The van der Waals surface area contributed by atoms with Crippen LogP contribution >= 0.6 is 11.6 Å². The first-order chi connectivity index (χ1) is 12.2. The van der Waals surface area contributed by atoms with Gasteiger partial charge in [0.05, 0.1) is 5.69 Å². The molecule has 1 amide bonds. The molecule has 1 aromatic carbocycles. The Morgan fingerprint density at radius 1 is 1.31 bits per heavy atom.